The predicted octanol–water partition coefficient (Wildman–Crippen LogP) is 0.587. The molecule has 2 heterocycles. The Morgan fingerprint density at radius 2 is 2.18 bits per heavy atom. The second kappa shape index (κ2) is 3.81. The number of nitrogens with zero attached hydrogens (tertiary/aromatic N) is 2. The summed E-state index contributed by atoms with van der Waals surface area (Å²) in [5, 5.41) is 9.61. The van der Waals surface area contributed by atoms with Gasteiger partial charge in [-0.25, -0.2) is 13.4 Å². The number of hydrogen-bond acceptors (Lipinski definition) is 6. The van der Waals surface area contributed by atoms with Gasteiger partial charge in [-0.1, -0.05) is 11.3 Å². The number of aromatic hydroxyl groups is 1. The first-order chi connectivity index (χ1) is 7.84. The van der Waals surface area contributed by atoms with Crippen LogP contribution in [0.5, 0.6) is 5.75 Å². The van der Waals surface area contributed by atoms with Crippen molar-refractivity contribution in [2.45, 2.75) is 17.8 Å². The Morgan fingerprint density at radius 3 is 2.71 bits per heavy atom. The molecule has 8 heteroatoms. The molecule has 0 bridgehead atoms. The van der Waals surface area contributed by atoms with Gasteiger partial charge in [-0.2, -0.15) is 0 Å². The first-order valence-electron chi connectivity index (χ1n) is 4.78. The first kappa shape index (κ1) is 12.1. The third-order valence-corrected chi connectivity index (χ3v) is 4.98. The Bertz CT molecular complexity index is 742. The molecule has 0 saturated heterocycles. The van der Waals surface area contributed by atoms with Crippen molar-refractivity contribution in [1.82, 2.24) is 9.55 Å². The molecule has 0 saturated carbocycles. The number of sulfone groups is 1. The van der Waals surface area contributed by atoms with Crippen molar-refractivity contribution in [3.63, 3.8) is 0 Å². The van der Waals surface area contributed by atoms with Gasteiger partial charge in [-0.15, -0.1) is 0 Å². The number of hydrogen-bond donors (Lipinski definition) is 1. The fourth-order valence-corrected chi connectivity index (χ4v) is 3.30. The summed E-state index contributed by atoms with van der Waals surface area (Å²) in [6.07, 6.45) is 1.04. The number of pyridine rings is 1. The van der Waals surface area contributed by atoms with Crippen molar-refractivity contribution in [3.05, 3.63) is 16.4 Å². The van der Waals surface area contributed by atoms with Crippen LogP contribution >= 0.6 is 11.3 Å². The number of thiazole rings is 1. The highest BCUT2D eigenvalue weighted by atomic mass is 32.2. The molecule has 0 atom stereocenters. The van der Waals surface area contributed by atoms with E-state index in [0.29, 0.717) is 11.2 Å². The lowest BCUT2D eigenvalue weighted by atomic mass is 10.4. The second-order valence-electron chi connectivity index (χ2n) is 3.52. The number of aromatic nitrogens is 2. The molecule has 0 unspecified atom stereocenters. The summed E-state index contributed by atoms with van der Waals surface area (Å²) in [5.74, 6) is -0.234. The van der Waals surface area contributed by atoms with E-state index in [9.17, 15) is 18.3 Å². The quantitative estimate of drug-likeness (QED) is 0.865. The van der Waals surface area contributed by atoms with Gasteiger partial charge in [0, 0.05) is 18.9 Å². The third kappa shape index (κ3) is 1.93. The molecule has 0 spiro atoms. The van der Waals surface area contributed by atoms with E-state index in [1.54, 1.807) is 6.92 Å². The molecule has 2 aromatic heterocycles. The zero-order chi connectivity index (χ0) is 12.8. The lowest BCUT2D eigenvalue weighted by Crippen LogP contribution is -2.18. The molecule has 2 aromatic rings. The van der Waals surface area contributed by atoms with Gasteiger partial charge in [0.15, 0.2) is 5.65 Å². The molecule has 6 nitrogen and oxygen atoms in total. The maximum Gasteiger partial charge on any atom is 0.255 e. The van der Waals surface area contributed by atoms with Gasteiger partial charge in [-0.05, 0) is 6.92 Å². The molecule has 2 rings (SSSR count). The Labute approximate surface area is 101 Å². The Kier molecular flexibility index (Phi) is 2.70. The van der Waals surface area contributed by atoms with E-state index in [1.807, 2.05) is 0 Å². The van der Waals surface area contributed by atoms with E-state index in [4.69, 9.17) is 0 Å². The molecule has 0 fully saturated rings. The van der Waals surface area contributed by atoms with Gasteiger partial charge in [0.2, 0.25) is 14.2 Å². The van der Waals surface area contributed by atoms with E-state index in [2.05, 4.69) is 4.98 Å². The van der Waals surface area contributed by atoms with E-state index in [0.717, 1.165) is 23.7 Å². The SMILES string of the molecule is CCn1c(=O)cc(O)c2sc(S(C)(=O)=O)nc21. The lowest BCUT2D eigenvalue weighted by molar-refractivity contribution is 0.479. The molecular weight excluding hydrogens is 264 g/mol. The molecule has 92 valence electrons. The van der Waals surface area contributed by atoms with Crippen LogP contribution < -0.4 is 5.56 Å². The molecular formula is C9H10N2O4S2. The normalized spacial score (nSPS) is 12.1. The smallest absolute Gasteiger partial charge is 0.255 e. The van der Waals surface area contributed by atoms with E-state index in [1.165, 1.54) is 4.57 Å². The highest BCUT2D eigenvalue weighted by Gasteiger charge is 2.18. The van der Waals surface area contributed by atoms with Gasteiger partial charge < -0.3 is 5.11 Å². The highest BCUT2D eigenvalue weighted by molar-refractivity contribution is 7.92. The van der Waals surface area contributed by atoms with Gasteiger partial charge in [0.05, 0.1) is 0 Å². The van der Waals surface area contributed by atoms with Crippen LogP contribution in [0.1, 0.15) is 6.92 Å². The van der Waals surface area contributed by atoms with Gasteiger partial charge in [0.1, 0.15) is 10.4 Å². The van der Waals surface area contributed by atoms with Crippen LogP contribution in [-0.2, 0) is 16.4 Å². The number of aryl methyl sites for hydroxylation is 1. The summed E-state index contributed by atoms with van der Waals surface area (Å²) in [6.45, 7) is 2.11. The average molecular weight is 274 g/mol. The standard InChI is InChI=1S/C9H10N2O4S2/c1-3-11-6(13)4-5(12)7-8(11)10-9(16-7)17(2,14)15/h4,12H,3H2,1-2H3. The molecule has 0 aliphatic heterocycles. The molecule has 17 heavy (non-hydrogen) atoms. The van der Waals surface area contributed by atoms with Crippen LogP contribution in [0.2, 0.25) is 0 Å². The van der Waals surface area contributed by atoms with Gasteiger partial charge in [-0.3, -0.25) is 9.36 Å². The maximum absolute atomic E-state index is 11.6. The van der Waals surface area contributed by atoms with Crippen molar-refractivity contribution in [3.8, 4) is 5.75 Å². The van der Waals surface area contributed by atoms with Crippen LogP contribution in [-0.4, -0.2) is 29.3 Å². The van der Waals surface area contributed by atoms with E-state index >= 15 is 0 Å². The number of rotatable bonds is 2. The minimum Gasteiger partial charge on any atom is -0.506 e. The van der Waals surface area contributed by atoms with E-state index in [-0.39, 0.29) is 15.7 Å². The van der Waals surface area contributed by atoms with Crippen LogP contribution in [0.3, 0.4) is 0 Å². The summed E-state index contributed by atoms with van der Waals surface area (Å²) >= 11 is 0.860. The summed E-state index contributed by atoms with van der Waals surface area (Å²) in [5.41, 5.74) is -0.189. The average Bonchev–Trinajstić information content (AvgIpc) is 2.62. The minimum atomic E-state index is -3.44. The Balaban J connectivity index is 2.94. The van der Waals surface area contributed by atoms with Crippen molar-refractivity contribution in [2.75, 3.05) is 6.26 Å². The van der Waals surface area contributed by atoms with Crippen molar-refractivity contribution in [1.29, 1.82) is 0 Å². The lowest BCUT2D eigenvalue weighted by Gasteiger charge is -2.02. The topological polar surface area (TPSA) is 89.3 Å². The van der Waals surface area contributed by atoms with Crippen LogP contribution in [0.25, 0.3) is 10.3 Å². The molecule has 0 aliphatic rings. The summed E-state index contributed by atoms with van der Waals surface area (Å²) in [6, 6.07) is 1.07. The zero-order valence-electron chi connectivity index (χ0n) is 9.17. The van der Waals surface area contributed by atoms with Crippen LogP contribution in [0, 0.1) is 0 Å². The maximum atomic E-state index is 11.6. The van der Waals surface area contributed by atoms with Crippen LogP contribution in [0.4, 0.5) is 0 Å². The fourth-order valence-electron chi connectivity index (χ4n) is 1.47. The summed E-state index contributed by atoms with van der Waals surface area (Å²) < 4.78 is 24.3. The predicted molar refractivity (Wildman–Crippen MR) is 64.3 cm³/mol. The molecule has 1 N–H and O–H groups in total. The summed E-state index contributed by atoms with van der Waals surface area (Å²) in [7, 11) is -3.44. The van der Waals surface area contributed by atoms with Crippen molar-refractivity contribution >= 4 is 31.5 Å². The fraction of sp³-hybridized carbons (Fsp3) is 0.333. The zero-order valence-corrected chi connectivity index (χ0v) is 10.8. The number of fused-ring (bicyclic) bond motifs is 1. The highest BCUT2D eigenvalue weighted by Crippen LogP contribution is 2.30. The molecule has 0 aromatic carbocycles. The molecule has 0 amide bonds. The largest absolute Gasteiger partial charge is 0.506 e. The molecule has 0 aliphatic carbocycles. The van der Waals surface area contributed by atoms with E-state index < -0.39 is 15.4 Å². The third-order valence-electron chi connectivity index (χ3n) is 2.24. The Morgan fingerprint density at radius 1 is 1.53 bits per heavy atom. The first-order valence-corrected chi connectivity index (χ1v) is 7.48. The molecule has 0 radical (unpaired) electrons. The Hall–Kier alpha value is -1.41. The van der Waals surface area contributed by atoms with Crippen LogP contribution in [0.15, 0.2) is 15.2 Å². The second-order valence-corrected chi connectivity index (χ2v) is 6.71. The summed E-state index contributed by atoms with van der Waals surface area (Å²) in [4.78, 5) is 15.5. The van der Waals surface area contributed by atoms with Crippen molar-refractivity contribution < 1.29 is 13.5 Å². The van der Waals surface area contributed by atoms with Gasteiger partial charge >= 0.3 is 0 Å². The minimum absolute atomic E-state index is 0.101. The monoisotopic (exact) mass is 274 g/mol. The van der Waals surface area contributed by atoms with Gasteiger partial charge in [0.25, 0.3) is 5.56 Å². The van der Waals surface area contributed by atoms with Crippen molar-refractivity contribution in [2.24, 2.45) is 0 Å².